The molecule has 5 rings (SSSR count). The Balaban J connectivity index is 1.48. The van der Waals surface area contributed by atoms with Crippen molar-refractivity contribution >= 4 is 21.4 Å². The number of ether oxygens (including phenoxy) is 3. The summed E-state index contributed by atoms with van der Waals surface area (Å²) in [6.07, 6.45) is 3.04. The van der Waals surface area contributed by atoms with Gasteiger partial charge in [0.05, 0.1) is 10.6 Å². The Kier molecular flexibility index (Phi) is 6.09. The van der Waals surface area contributed by atoms with Gasteiger partial charge >= 0.3 is 0 Å². The minimum absolute atomic E-state index is 0.0588. The fourth-order valence-electron chi connectivity index (χ4n) is 4.87. The van der Waals surface area contributed by atoms with Crippen LogP contribution < -0.4 is 14.8 Å². The monoisotopic (exact) mass is 489 g/mol. The molecule has 2 saturated heterocycles. The van der Waals surface area contributed by atoms with Crippen LogP contribution in [0.3, 0.4) is 0 Å². The lowest BCUT2D eigenvalue weighted by Crippen LogP contribution is -2.40. The quantitative estimate of drug-likeness (QED) is 0.465. The highest BCUT2D eigenvalue weighted by Gasteiger charge is 2.37. The van der Waals surface area contributed by atoms with Crippen LogP contribution in [0.25, 0.3) is 0 Å². The zero-order valence-corrected chi connectivity index (χ0v) is 19.5. The second-order valence-electron chi connectivity index (χ2n) is 8.86. The standard InChI is InChI=1S/C23H27N3O7S/c27-26(28)18-4-5-19(22(14-18)34(29,30)25-9-1-2-10-25)24-15-23(7-11-31-12-8-23)17-3-6-20-21(13-17)33-16-32-20/h3-6,13-14,24H,1-2,7-12,15-16H2. The highest BCUT2D eigenvalue weighted by atomic mass is 32.2. The Bertz CT molecular complexity index is 1190. The molecule has 3 heterocycles. The highest BCUT2D eigenvalue weighted by molar-refractivity contribution is 7.89. The fourth-order valence-corrected chi connectivity index (χ4v) is 6.58. The molecular formula is C23H27N3O7S. The van der Waals surface area contributed by atoms with Gasteiger partial charge < -0.3 is 19.5 Å². The van der Waals surface area contributed by atoms with Gasteiger partial charge in [0.25, 0.3) is 5.69 Å². The summed E-state index contributed by atoms with van der Waals surface area (Å²) in [5.74, 6) is 1.39. The zero-order valence-electron chi connectivity index (χ0n) is 18.7. The number of nitro benzene ring substituents is 1. The van der Waals surface area contributed by atoms with Crippen LogP contribution in [-0.2, 0) is 20.2 Å². The summed E-state index contributed by atoms with van der Waals surface area (Å²) in [5, 5.41) is 14.7. The summed E-state index contributed by atoms with van der Waals surface area (Å²) in [4.78, 5) is 10.8. The van der Waals surface area contributed by atoms with E-state index < -0.39 is 14.9 Å². The van der Waals surface area contributed by atoms with E-state index >= 15 is 0 Å². The minimum atomic E-state index is -3.87. The van der Waals surface area contributed by atoms with E-state index in [0.29, 0.717) is 50.0 Å². The Morgan fingerprint density at radius 2 is 1.76 bits per heavy atom. The number of hydrogen-bond donors (Lipinski definition) is 1. The SMILES string of the molecule is O=[N+]([O-])c1ccc(NCC2(c3ccc4c(c3)OCO4)CCOCC2)c(S(=O)(=O)N2CCCC2)c1. The van der Waals surface area contributed by atoms with Gasteiger partial charge in [-0.05, 0) is 49.4 Å². The van der Waals surface area contributed by atoms with Crippen molar-refractivity contribution in [3.8, 4) is 11.5 Å². The van der Waals surface area contributed by atoms with Gasteiger partial charge in [-0.3, -0.25) is 10.1 Å². The molecule has 3 aliphatic heterocycles. The number of nitro groups is 1. The fraction of sp³-hybridized carbons (Fsp3) is 0.478. The van der Waals surface area contributed by atoms with Gasteiger partial charge in [-0.2, -0.15) is 4.31 Å². The molecule has 10 nitrogen and oxygen atoms in total. The van der Waals surface area contributed by atoms with Gasteiger partial charge in [0, 0.05) is 50.4 Å². The van der Waals surface area contributed by atoms with Gasteiger partial charge in [-0.1, -0.05) is 6.07 Å². The Labute approximate surface area is 198 Å². The molecule has 0 amide bonds. The van der Waals surface area contributed by atoms with Gasteiger partial charge in [0.1, 0.15) is 4.90 Å². The first-order valence-electron chi connectivity index (χ1n) is 11.4. The van der Waals surface area contributed by atoms with E-state index in [1.165, 1.54) is 16.4 Å². The number of benzene rings is 2. The average Bonchev–Trinajstić information content (AvgIpc) is 3.55. The second-order valence-corrected chi connectivity index (χ2v) is 10.8. The third kappa shape index (κ3) is 4.19. The van der Waals surface area contributed by atoms with Crippen LogP contribution in [-0.4, -0.2) is 57.3 Å². The number of rotatable bonds is 7. The van der Waals surface area contributed by atoms with Crippen molar-refractivity contribution in [1.29, 1.82) is 0 Å². The van der Waals surface area contributed by atoms with Gasteiger partial charge in [-0.15, -0.1) is 0 Å². The first-order valence-corrected chi connectivity index (χ1v) is 12.8. The van der Waals surface area contributed by atoms with Crippen LogP contribution in [0.1, 0.15) is 31.2 Å². The van der Waals surface area contributed by atoms with Crippen molar-refractivity contribution in [2.24, 2.45) is 0 Å². The van der Waals surface area contributed by atoms with Crippen molar-refractivity contribution in [2.75, 3.05) is 45.0 Å². The van der Waals surface area contributed by atoms with E-state index in [9.17, 15) is 18.5 Å². The van der Waals surface area contributed by atoms with Gasteiger partial charge in [0.15, 0.2) is 11.5 Å². The van der Waals surface area contributed by atoms with Crippen molar-refractivity contribution in [3.05, 3.63) is 52.1 Å². The molecule has 0 saturated carbocycles. The Morgan fingerprint density at radius 3 is 2.50 bits per heavy atom. The predicted octanol–water partition coefficient (Wildman–Crippen LogP) is 3.27. The molecule has 3 aliphatic rings. The van der Waals surface area contributed by atoms with Crippen LogP contribution in [0.15, 0.2) is 41.3 Å². The van der Waals surface area contributed by atoms with E-state index in [-0.39, 0.29) is 22.8 Å². The number of nitrogens with zero attached hydrogens (tertiary/aromatic N) is 2. The number of sulfonamides is 1. The Morgan fingerprint density at radius 1 is 1.03 bits per heavy atom. The van der Waals surface area contributed by atoms with E-state index in [2.05, 4.69) is 5.32 Å². The van der Waals surface area contributed by atoms with Crippen molar-refractivity contribution in [3.63, 3.8) is 0 Å². The largest absolute Gasteiger partial charge is 0.454 e. The van der Waals surface area contributed by atoms with Crippen molar-refractivity contribution in [1.82, 2.24) is 4.31 Å². The molecule has 0 radical (unpaired) electrons. The number of non-ortho nitro benzene ring substituents is 1. The lowest BCUT2D eigenvalue weighted by molar-refractivity contribution is -0.385. The average molecular weight is 490 g/mol. The summed E-state index contributed by atoms with van der Waals surface area (Å²) in [5.41, 5.74) is 0.845. The minimum Gasteiger partial charge on any atom is -0.454 e. The topological polar surface area (TPSA) is 120 Å². The molecule has 0 spiro atoms. The molecule has 2 aromatic rings. The maximum atomic E-state index is 13.4. The van der Waals surface area contributed by atoms with Crippen LogP contribution in [0, 0.1) is 10.1 Å². The second kappa shape index (κ2) is 9.05. The van der Waals surface area contributed by atoms with E-state index in [1.807, 2.05) is 18.2 Å². The highest BCUT2D eigenvalue weighted by Crippen LogP contribution is 2.41. The Hall–Kier alpha value is -2.89. The molecule has 0 unspecified atom stereocenters. The summed E-state index contributed by atoms with van der Waals surface area (Å²) in [7, 11) is -3.87. The zero-order chi connectivity index (χ0) is 23.8. The first-order chi connectivity index (χ1) is 16.4. The van der Waals surface area contributed by atoms with E-state index in [0.717, 1.165) is 37.3 Å². The molecule has 0 aromatic heterocycles. The number of anilines is 1. The summed E-state index contributed by atoms with van der Waals surface area (Å²) in [6, 6.07) is 9.87. The lowest BCUT2D eigenvalue weighted by Gasteiger charge is -2.38. The molecule has 0 atom stereocenters. The molecule has 11 heteroatoms. The smallest absolute Gasteiger partial charge is 0.270 e. The van der Waals surface area contributed by atoms with Crippen LogP contribution >= 0.6 is 0 Å². The number of nitrogens with one attached hydrogen (secondary N) is 1. The van der Waals surface area contributed by atoms with Gasteiger partial charge in [-0.25, -0.2) is 8.42 Å². The molecule has 0 bridgehead atoms. The maximum Gasteiger partial charge on any atom is 0.270 e. The van der Waals surface area contributed by atoms with E-state index in [4.69, 9.17) is 14.2 Å². The first kappa shape index (κ1) is 22.9. The van der Waals surface area contributed by atoms with E-state index in [1.54, 1.807) is 0 Å². The third-order valence-electron chi connectivity index (χ3n) is 6.91. The number of fused-ring (bicyclic) bond motifs is 1. The lowest BCUT2D eigenvalue weighted by atomic mass is 9.74. The molecule has 0 aliphatic carbocycles. The molecule has 182 valence electrons. The summed E-state index contributed by atoms with van der Waals surface area (Å²) >= 11 is 0. The molecule has 2 fully saturated rings. The summed E-state index contributed by atoms with van der Waals surface area (Å²) < 4.78 is 44.8. The maximum absolute atomic E-state index is 13.4. The third-order valence-corrected chi connectivity index (χ3v) is 8.85. The van der Waals surface area contributed by atoms with Crippen LogP contribution in [0.4, 0.5) is 11.4 Å². The summed E-state index contributed by atoms with van der Waals surface area (Å²) in [6.45, 7) is 2.63. The van der Waals surface area contributed by atoms with Crippen LogP contribution in [0.5, 0.6) is 11.5 Å². The normalized spacial score (nSPS) is 19.8. The number of hydrogen-bond acceptors (Lipinski definition) is 8. The molecule has 2 aromatic carbocycles. The molecular weight excluding hydrogens is 462 g/mol. The van der Waals surface area contributed by atoms with Gasteiger partial charge in [0.2, 0.25) is 16.8 Å². The predicted molar refractivity (Wildman–Crippen MR) is 124 cm³/mol. The van der Waals surface area contributed by atoms with Crippen molar-refractivity contribution < 1.29 is 27.6 Å². The molecule has 34 heavy (non-hydrogen) atoms. The van der Waals surface area contributed by atoms with Crippen molar-refractivity contribution in [2.45, 2.75) is 36.0 Å². The molecule has 1 N–H and O–H groups in total. The van der Waals surface area contributed by atoms with Crippen LogP contribution in [0.2, 0.25) is 0 Å².